The van der Waals surface area contributed by atoms with Gasteiger partial charge in [0.1, 0.15) is 6.61 Å². The third-order valence-corrected chi connectivity index (χ3v) is 15.8. The van der Waals surface area contributed by atoms with Gasteiger partial charge in [-0.15, -0.1) is 0 Å². The van der Waals surface area contributed by atoms with Crippen molar-refractivity contribution < 1.29 is 24.2 Å². The molecule has 0 aliphatic carbocycles. The highest BCUT2D eigenvalue weighted by Crippen LogP contribution is 2.19. The zero-order valence-corrected chi connectivity index (χ0v) is 49.9. The van der Waals surface area contributed by atoms with Crippen molar-refractivity contribution in [3.05, 3.63) is 12.2 Å². The molecule has 73 heavy (non-hydrogen) atoms. The van der Waals surface area contributed by atoms with Gasteiger partial charge in [-0.3, -0.25) is 9.59 Å². The van der Waals surface area contributed by atoms with Gasteiger partial charge < -0.3 is 14.6 Å². The van der Waals surface area contributed by atoms with Crippen LogP contribution in [0.25, 0.3) is 0 Å². The molecule has 5 heteroatoms. The van der Waals surface area contributed by atoms with Crippen molar-refractivity contribution in [3.63, 3.8) is 0 Å². The molecule has 0 heterocycles. The summed E-state index contributed by atoms with van der Waals surface area (Å²) in [5.41, 5.74) is 0. The van der Waals surface area contributed by atoms with Gasteiger partial charge in [-0.25, -0.2) is 0 Å². The van der Waals surface area contributed by atoms with Crippen molar-refractivity contribution in [2.45, 2.75) is 399 Å². The first kappa shape index (κ1) is 71.6. The van der Waals surface area contributed by atoms with Gasteiger partial charge in [0.2, 0.25) is 0 Å². The number of hydrogen-bond acceptors (Lipinski definition) is 5. The van der Waals surface area contributed by atoms with Gasteiger partial charge in [0.15, 0.2) is 6.10 Å². The van der Waals surface area contributed by atoms with E-state index in [4.69, 9.17) is 9.47 Å². The number of carbonyl (C=O) groups excluding carboxylic acids is 2. The number of aliphatic hydroxyl groups excluding tert-OH is 1. The molecule has 0 rings (SSSR count). The molecular weight excluding hydrogens is 897 g/mol. The molecule has 434 valence electrons. The van der Waals surface area contributed by atoms with Crippen molar-refractivity contribution in [1.82, 2.24) is 0 Å². The SMILES string of the molecule is CCCCCCCCCC/C=C\CCCCCCCCCCCCCCCCCCCCCCCCCCCCCCCC(=O)OC(CO)COC(=O)CCCCCCCCCCCCCCCCCCCC. The predicted molar refractivity (Wildman–Crippen MR) is 321 cm³/mol. The first-order chi connectivity index (χ1) is 36.1. The Kier molecular flexibility index (Phi) is 63.7. The number of unbranched alkanes of at least 4 members (excludes halogenated alkanes) is 54. The summed E-state index contributed by atoms with van der Waals surface area (Å²) < 4.78 is 10.7. The molecule has 1 N–H and O–H groups in total. The summed E-state index contributed by atoms with van der Waals surface area (Å²) in [5.74, 6) is -0.563. The van der Waals surface area contributed by atoms with E-state index >= 15 is 0 Å². The average molecular weight is 1030 g/mol. The summed E-state index contributed by atoms with van der Waals surface area (Å²) in [7, 11) is 0. The maximum Gasteiger partial charge on any atom is 0.306 e. The van der Waals surface area contributed by atoms with E-state index in [0.717, 1.165) is 32.1 Å². The smallest absolute Gasteiger partial charge is 0.306 e. The molecule has 5 nitrogen and oxygen atoms in total. The highest BCUT2D eigenvalue weighted by molar-refractivity contribution is 5.70. The molecule has 0 saturated heterocycles. The molecule has 0 fully saturated rings. The fourth-order valence-electron chi connectivity index (χ4n) is 10.7. The molecule has 0 aliphatic heterocycles. The lowest BCUT2D eigenvalue weighted by Crippen LogP contribution is -2.28. The van der Waals surface area contributed by atoms with Crippen molar-refractivity contribution in [2.75, 3.05) is 13.2 Å². The second-order valence-electron chi connectivity index (χ2n) is 23.3. The highest BCUT2D eigenvalue weighted by Gasteiger charge is 2.16. The Morgan fingerprint density at radius 2 is 0.507 bits per heavy atom. The van der Waals surface area contributed by atoms with Gasteiger partial charge in [-0.1, -0.05) is 353 Å². The van der Waals surface area contributed by atoms with E-state index in [9.17, 15) is 14.7 Å². The summed E-state index contributed by atoms with van der Waals surface area (Å²) in [6.45, 7) is 4.21. The van der Waals surface area contributed by atoms with E-state index in [1.807, 2.05) is 0 Å². The standard InChI is InChI=1S/C68H132O5/c1-3-5-7-9-11-13-15-17-19-21-23-24-25-26-27-28-29-30-31-32-33-34-35-36-37-38-39-40-41-42-43-44-45-47-49-51-53-55-57-59-61-63-68(71)73-66(64-69)65-72-67(70)62-60-58-56-54-52-50-48-46-22-20-18-16-14-12-10-8-6-4-2/h21,23,66,69H,3-20,22,24-65H2,1-2H3/b23-21-. The van der Waals surface area contributed by atoms with Crippen LogP contribution in [0.15, 0.2) is 12.2 Å². The quantitative estimate of drug-likeness (QED) is 0.0373. The molecule has 0 amide bonds. The summed E-state index contributed by atoms with van der Waals surface area (Å²) in [5, 5.41) is 9.67. The molecule has 0 aromatic heterocycles. The number of allylic oxidation sites excluding steroid dienone is 2. The second-order valence-corrected chi connectivity index (χ2v) is 23.3. The Morgan fingerprint density at radius 3 is 0.740 bits per heavy atom. The number of carbonyl (C=O) groups is 2. The van der Waals surface area contributed by atoms with Crippen LogP contribution in [0.3, 0.4) is 0 Å². The van der Waals surface area contributed by atoms with Crippen LogP contribution in [-0.2, 0) is 19.1 Å². The zero-order valence-electron chi connectivity index (χ0n) is 49.9. The highest BCUT2D eigenvalue weighted by atomic mass is 16.6. The lowest BCUT2D eigenvalue weighted by molar-refractivity contribution is -0.161. The number of rotatable bonds is 64. The topological polar surface area (TPSA) is 72.8 Å². The van der Waals surface area contributed by atoms with E-state index < -0.39 is 6.10 Å². The zero-order chi connectivity index (χ0) is 52.7. The maximum absolute atomic E-state index is 12.3. The number of hydrogen-bond donors (Lipinski definition) is 1. The monoisotopic (exact) mass is 1030 g/mol. The number of aliphatic hydroxyl groups is 1. The largest absolute Gasteiger partial charge is 0.462 e. The Labute approximate surface area is 458 Å². The predicted octanol–water partition coefficient (Wildman–Crippen LogP) is 23.0. The molecular formula is C68H132O5. The Morgan fingerprint density at radius 1 is 0.301 bits per heavy atom. The van der Waals surface area contributed by atoms with Crippen molar-refractivity contribution in [1.29, 1.82) is 0 Å². The maximum atomic E-state index is 12.3. The Hall–Kier alpha value is -1.36. The van der Waals surface area contributed by atoms with Crippen LogP contribution in [0.5, 0.6) is 0 Å². The fraction of sp³-hybridized carbons (Fsp3) is 0.941. The lowest BCUT2D eigenvalue weighted by atomic mass is 10.0. The minimum absolute atomic E-state index is 0.0564. The van der Waals surface area contributed by atoms with Crippen LogP contribution in [-0.4, -0.2) is 36.4 Å². The van der Waals surface area contributed by atoms with E-state index in [2.05, 4.69) is 26.0 Å². The molecule has 0 aromatic rings. The minimum Gasteiger partial charge on any atom is -0.462 e. The third-order valence-electron chi connectivity index (χ3n) is 15.8. The number of esters is 2. The van der Waals surface area contributed by atoms with Crippen LogP contribution in [0.2, 0.25) is 0 Å². The van der Waals surface area contributed by atoms with Crippen molar-refractivity contribution in [2.24, 2.45) is 0 Å². The number of ether oxygens (including phenoxy) is 2. The normalized spacial score (nSPS) is 12.1. The van der Waals surface area contributed by atoms with Gasteiger partial charge >= 0.3 is 11.9 Å². The second kappa shape index (κ2) is 64.9. The lowest BCUT2D eigenvalue weighted by Gasteiger charge is -2.15. The third kappa shape index (κ3) is 63.1. The van der Waals surface area contributed by atoms with Gasteiger partial charge in [0.25, 0.3) is 0 Å². The molecule has 1 unspecified atom stereocenters. The Balaban J connectivity index is 3.33. The molecule has 0 aliphatic rings. The molecule has 0 radical (unpaired) electrons. The fourth-order valence-corrected chi connectivity index (χ4v) is 10.7. The van der Waals surface area contributed by atoms with Gasteiger partial charge in [0.05, 0.1) is 6.61 Å². The van der Waals surface area contributed by atoms with Crippen LogP contribution in [0.4, 0.5) is 0 Å². The Bertz CT molecular complexity index is 1070. The molecule has 1 atom stereocenters. The van der Waals surface area contributed by atoms with Gasteiger partial charge in [-0.05, 0) is 38.5 Å². The first-order valence-electron chi connectivity index (χ1n) is 33.7. The van der Waals surface area contributed by atoms with E-state index in [0.29, 0.717) is 12.8 Å². The molecule has 0 spiro atoms. The van der Waals surface area contributed by atoms with Crippen LogP contribution < -0.4 is 0 Å². The summed E-state index contributed by atoms with van der Waals surface area (Å²) in [4.78, 5) is 24.6. The van der Waals surface area contributed by atoms with Crippen molar-refractivity contribution >= 4 is 11.9 Å². The summed E-state index contributed by atoms with van der Waals surface area (Å²) >= 11 is 0. The van der Waals surface area contributed by atoms with Crippen LogP contribution in [0, 0.1) is 0 Å². The van der Waals surface area contributed by atoms with Gasteiger partial charge in [0, 0.05) is 12.8 Å². The molecule has 0 aromatic carbocycles. The van der Waals surface area contributed by atoms with Gasteiger partial charge in [-0.2, -0.15) is 0 Å². The van der Waals surface area contributed by atoms with E-state index in [1.54, 1.807) is 0 Å². The van der Waals surface area contributed by atoms with Crippen LogP contribution in [0.1, 0.15) is 393 Å². The summed E-state index contributed by atoms with van der Waals surface area (Å²) in [6.07, 6.45) is 82.6. The summed E-state index contributed by atoms with van der Waals surface area (Å²) in [6, 6.07) is 0. The van der Waals surface area contributed by atoms with E-state index in [1.165, 1.54) is 334 Å². The van der Waals surface area contributed by atoms with Crippen molar-refractivity contribution in [3.8, 4) is 0 Å². The first-order valence-corrected chi connectivity index (χ1v) is 33.7. The molecule has 0 saturated carbocycles. The van der Waals surface area contributed by atoms with E-state index in [-0.39, 0.29) is 25.2 Å². The minimum atomic E-state index is -0.765. The average Bonchev–Trinajstić information content (AvgIpc) is 3.39. The molecule has 0 bridgehead atoms. The van der Waals surface area contributed by atoms with Crippen LogP contribution >= 0.6 is 0 Å².